The van der Waals surface area contributed by atoms with Crippen molar-refractivity contribution in [2.45, 2.75) is 11.8 Å². The van der Waals surface area contributed by atoms with E-state index in [0.29, 0.717) is 16.1 Å². The van der Waals surface area contributed by atoms with Crippen LogP contribution in [0.4, 0.5) is 4.39 Å². The third-order valence-corrected chi connectivity index (χ3v) is 6.16. The first-order valence-electron chi connectivity index (χ1n) is 7.64. The topological polar surface area (TPSA) is 66.5 Å². The molecule has 2 aromatic rings. The van der Waals surface area contributed by atoms with E-state index in [2.05, 4.69) is 5.32 Å². The van der Waals surface area contributed by atoms with Crippen molar-refractivity contribution in [3.8, 4) is 0 Å². The smallest absolute Gasteiger partial charge is 0.243 e. The van der Waals surface area contributed by atoms with E-state index in [0.717, 1.165) is 4.31 Å². The number of amides is 1. The third-order valence-electron chi connectivity index (χ3n) is 4.01. The van der Waals surface area contributed by atoms with E-state index in [4.69, 9.17) is 11.6 Å². The molecule has 1 atom stereocenters. The standard InChI is InChI=1S/C17H16ClFN2O3S/c18-15-4-2-1-3-13(15)11-25(23,24)21-10-9-20-17(22)16(21)12-5-7-14(19)8-6-12/h1-8,16H,9-11H2,(H,20,22). The van der Waals surface area contributed by atoms with Crippen molar-refractivity contribution >= 4 is 27.5 Å². The second-order valence-corrected chi connectivity index (χ2v) is 8.03. The maximum atomic E-state index is 13.2. The van der Waals surface area contributed by atoms with Crippen LogP contribution >= 0.6 is 11.6 Å². The van der Waals surface area contributed by atoms with Crippen LogP contribution in [0.2, 0.25) is 5.02 Å². The van der Waals surface area contributed by atoms with Gasteiger partial charge in [-0.1, -0.05) is 41.9 Å². The zero-order chi connectivity index (χ0) is 18.0. The summed E-state index contributed by atoms with van der Waals surface area (Å²) in [4.78, 5) is 12.3. The fourth-order valence-electron chi connectivity index (χ4n) is 2.80. The van der Waals surface area contributed by atoms with Crippen LogP contribution in [0.3, 0.4) is 0 Å². The number of benzene rings is 2. The van der Waals surface area contributed by atoms with Crippen LogP contribution in [0.1, 0.15) is 17.2 Å². The van der Waals surface area contributed by atoms with Gasteiger partial charge >= 0.3 is 0 Å². The molecule has 1 unspecified atom stereocenters. The summed E-state index contributed by atoms with van der Waals surface area (Å²) in [7, 11) is -3.80. The molecule has 1 N–H and O–H groups in total. The average Bonchev–Trinajstić information content (AvgIpc) is 2.58. The molecule has 1 saturated heterocycles. The molecule has 132 valence electrons. The van der Waals surface area contributed by atoms with E-state index < -0.39 is 27.8 Å². The van der Waals surface area contributed by atoms with Crippen LogP contribution in [-0.2, 0) is 20.6 Å². The lowest BCUT2D eigenvalue weighted by atomic mass is 10.0. The lowest BCUT2D eigenvalue weighted by Crippen LogP contribution is -2.52. The summed E-state index contributed by atoms with van der Waals surface area (Å²) in [6.45, 7) is 0.360. The summed E-state index contributed by atoms with van der Waals surface area (Å²) in [5.41, 5.74) is 0.884. The molecular formula is C17H16ClFN2O3S. The summed E-state index contributed by atoms with van der Waals surface area (Å²) in [5.74, 6) is -1.19. The Hall–Kier alpha value is -1.96. The molecular weight excluding hydrogens is 367 g/mol. The van der Waals surface area contributed by atoms with E-state index in [1.807, 2.05) is 0 Å². The molecule has 1 aliphatic heterocycles. The lowest BCUT2D eigenvalue weighted by molar-refractivity contribution is -0.126. The van der Waals surface area contributed by atoms with Crippen molar-refractivity contribution in [1.29, 1.82) is 0 Å². The minimum atomic E-state index is -3.80. The molecule has 0 aromatic heterocycles. The van der Waals surface area contributed by atoms with E-state index >= 15 is 0 Å². The van der Waals surface area contributed by atoms with E-state index in [1.165, 1.54) is 24.3 Å². The molecule has 2 aromatic carbocycles. The maximum absolute atomic E-state index is 13.2. The molecule has 1 fully saturated rings. The molecule has 8 heteroatoms. The Morgan fingerprint density at radius 1 is 1.16 bits per heavy atom. The number of nitrogens with one attached hydrogen (secondary N) is 1. The summed E-state index contributed by atoms with van der Waals surface area (Å²) < 4.78 is 40.2. The molecule has 0 aliphatic carbocycles. The van der Waals surface area contributed by atoms with E-state index in [-0.39, 0.29) is 18.8 Å². The van der Waals surface area contributed by atoms with Crippen LogP contribution in [0.5, 0.6) is 0 Å². The van der Waals surface area contributed by atoms with Gasteiger partial charge in [0.15, 0.2) is 0 Å². The number of carbonyl (C=O) groups is 1. The minimum Gasteiger partial charge on any atom is -0.353 e. The molecule has 3 rings (SSSR count). The lowest BCUT2D eigenvalue weighted by Gasteiger charge is -2.34. The maximum Gasteiger partial charge on any atom is 0.243 e. The minimum absolute atomic E-state index is 0.139. The Morgan fingerprint density at radius 2 is 1.84 bits per heavy atom. The number of hydrogen-bond donors (Lipinski definition) is 1. The predicted octanol–water partition coefficient (Wildman–Crippen LogP) is 2.48. The first-order valence-corrected chi connectivity index (χ1v) is 9.63. The number of carbonyl (C=O) groups excluding carboxylic acids is 1. The van der Waals surface area contributed by atoms with Gasteiger partial charge in [0, 0.05) is 18.1 Å². The molecule has 0 bridgehead atoms. The Morgan fingerprint density at radius 3 is 2.52 bits per heavy atom. The number of piperazine rings is 1. The normalized spacial score (nSPS) is 18.8. The van der Waals surface area contributed by atoms with Crippen molar-refractivity contribution < 1.29 is 17.6 Å². The monoisotopic (exact) mass is 382 g/mol. The molecule has 5 nitrogen and oxygen atoms in total. The fraction of sp³-hybridized carbons (Fsp3) is 0.235. The number of sulfonamides is 1. The second-order valence-electron chi connectivity index (χ2n) is 5.70. The second kappa shape index (κ2) is 7.11. The van der Waals surface area contributed by atoms with Crippen molar-refractivity contribution in [3.05, 3.63) is 70.5 Å². The third kappa shape index (κ3) is 3.84. The first kappa shape index (κ1) is 17.8. The first-order chi connectivity index (χ1) is 11.9. The molecule has 0 spiro atoms. The summed E-state index contributed by atoms with van der Waals surface area (Å²) in [5, 5.41) is 3.01. The Balaban J connectivity index is 1.95. The average molecular weight is 383 g/mol. The van der Waals surface area contributed by atoms with Crippen molar-refractivity contribution in [3.63, 3.8) is 0 Å². The Bertz CT molecular complexity index is 887. The molecule has 25 heavy (non-hydrogen) atoms. The van der Waals surface area contributed by atoms with Crippen molar-refractivity contribution in [2.24, 2.45) is 0 Å². The highest BCUT2D eigenvalue weighted by molar-refractivity contribution is 7.88. The molecule has 1 heterocycles. The zero-order valence-corrected chi connectivity index (χ0v) is 14.7. The van der Waals surface area contributed by atoms with Gasteiger partial charge in [0.1, 0.15) is 11.9 Å². The van der Waals surface area contributed by atoms with Gasteiger partial charge in [-0.15, -0.1) is 0 Å². The van der Waals surface area contributed by atoms with Crippen LogP contribution in [0, 0.1) is 5.82 Å². The van der Waals surface area contributed by atoms with Gasteiger partial charge in [-0.05, 0) is 29.3 Å². The highest BCUT2D eigenvalue weighted by Crippen LogP contribution is 2.29. The van der Waals surface area contributed by atoms with Gasteiger partial charge in [0.25, 0.3) is 0 Å². The van der Waals surface area contributed by atoms with Gasteiger partial charge in [-0.2, -0.15) is 4.31 Å². The number of halogens is 2. The number of hydrogen-bond acceptors (Lipinski definition) is 3. The zero-order valence-electron chi connectivity index (χ0n) is 13.2. The number of nitrogens with zero attached hydrogens (tertiary/aromatic N) is 1. The van der Waals surface area contributed by atoms with Gasteiger partial charge in [0.05, 0.1) is 5.75 Å². The highest BCUT2D eigenvalue weighted by atomic mass is 35.5. The van der Waals surface area contributed by atoms with E-state index in [1.54, 1.807) is 24.3 Å². The summed E-state index contributed by atoms with van der Waals surface area (Å²) in [6.07, 6.45) is 0. The SMILES string of the molecule is O=C1NCCN(S(=O)(=O)Cc2ccccc2Cl)C1c1ccc(F)cc1. The quantitative estimate of drug-likeness (QED) is 0.883. The Labute approximate surface area is 150 Å². The molecule has 1 amide bonds. The largest absolute Gasteiger partial charge is 0.353 e. The number of rotatable bonds is 4. The molecule has 0 saturated carbocycles. The molecule has 1 aliphatic rings. The van der Waals surface area contributed by atoms with Crippen LogP contribution in [0.25, 0.3) is 0 Å². The van der Waals surface area contributed by atoms with Crippen LogP contribution < -0.4 is 5.32 Å². The fourth-order valence-corrected chi connectivity index (χ4v) is 4.80. The van der Waals surface area contributed by atoms with Crippen LogP contribution in [0.15, 0.2) is 48.5 Å². The van der Waals surface area contributed by atoms with Gasteiger partial charge in [-0.3, -0.25) is 4.79 Å². The highest BCUT2D eigenvalue weighted by Gasteiger charge is 2.38. The van der Waals surface area contributed by atoms with Gasteiger partial charge < -0.3 is 5.32 Å². The van der Waals surface area contributed by atoms with Crippen molar-refractivity contribution in [1.82, 2.24) is 9.62 Å². The summed E-state index contributed by atoms with van der Waals surface area (Å²) >= 11 is 6.06. The molecule has 0 radical (unpaired) electrons. The Kier molecular flexibility index (Phi) is 5.08. The summed E-state index contributed by atoms with van der Waals surface area (Å²) in [6, 6.07) is 10.9. The van der Waals surface area contributed by atoms with Crippen molar-refractivity contribution in [2.75, 3.05) is 13.1 Å². The van der Waals surface area contributed by atoms with Gasteiger partial charge in [0.2, 0.25) is 15.9 Å². The van der Waals surface area contributed by atoms with Crippen LogP contribution in [-0.4, -0.2) is 31.7 Å². The van der Waals surface area contributed by atoms with E-state index in [9.17, 15) is 17.6 Å². The van der Waals surface area contributed by atoms with Gasteiger partial charge in [-0.25, -0.2) is 12.8 Å². The predicted molar refractivity (Wildman–Crippen MR) is 92.9 cm³/mol.